The third-order valence-electron chi connectivity index (χ3n) is 3.60. The highest BCUT2D eigenvalue weighted by Gasteiger charge is 2.13. The number of aliphatic hydroxyl groups excluding tert-OH is 1. The maximum atomic E-state index is 11.9. The highest BCUT2D eigenvalue weighted by molar-refractivity contribution is 7.98. The standard InChI is InChI=1S/C17H23N3O2S/c1-4-18-16(22)9-20-15(10-21)8-19-17(20)23-11-14-7-12(2)5-6-13(14)3/h5-8,21H,4,9-11H2,1-3H3,(H,18,22). The van der Waals surface area contributed by atoms with E-state index in [1.165, 1.54) is 16.7 Å². The summed E-state index contributed by atoms with van der Waals surface area (Å²) in [5, 5.41) is 13.0. The van der Waals surface area contributed by atoms with Crippen LogP contribution in [0.1, 0.15) is 29.3 Å². The number of carbonyl (C=O) groups excluding carboxylic acids is 1. The summed E-state index contributed by atoms with van der Waals surface area (Å²) in [6, 6.07) is 6.39. The van der Waals surface area contributed by atoms with Crippen LogP contribution in [-0.2, 0) is 23.7 Å². The minimum absolute atomic E-state index is 0.0752. The molecule has 0 spiro atoms. The average Bonchev–Trinajstić information content (AvgIpc) is 2.90. The van der Waals surface area contributed by atoms with Crippen LogP contribution >= 0.6 is 11.8 Å². The number of hydrogen-bond donors (Lipinski definition) is 2. The average molecular weight is 333 g/mol. The molecule has 6 heteroatoms. The molecule has 0 fully saturated rings. The van der Waals surface area contributed by atoms with Gasteiger partial charge in [0.25, 0.3) is 0 Å². The molecule has 0 atom stereocenters. The van der Waals surface area contributed by atoms with Crippen LogP contribution < -0.4 is 5.32 Å². The first-order valence-electron chi connectivity index (χ1n) is 7.66. The van der Waals surface area contributed by atoms with E-state index in [0.717, 1.165) is 10.9 Å². The molecule has 2 rings (SSSR count). The van der Waals surface area contributed by atoms with E-state index in [1.54, 1.807) is 22.5 Å². The smallest absolute Gasteiger partial charge is 0.240 e. The first-order chi connectivity index (χ1) is 11.0. The second-order valence-electron chi connectivity index (χ2n) is 5.45. The Bertz CT molecular complexity index is 682. The van der Waals surface area contributed by atoms with Crippen molar-refractivity contribution in [2.24, 2.45) is 0 Å². The molecule has 1 amide bonds. The van der Waals surface area contributed by atoms with Crippen LogP contribution in [0.5, 0.6) is 0 Å². The van der Waals surface area contributed by atoms with Gasteiger partial charge in [-0.25, -0.2) is 4.98 Å². The lowest BCUT2D eigenvalue weighted by atomic mass is 10.1. The molecular formula is C17H23N3O2S. The predicted octanol–water partition coefficient (Wildman–Crippen LogP) is 2.42. The maximum absolute atomic E-state index is 11.9. The van der Waals surface area contributed by atoms with Crippen molar-refractivity contribution in [3.05, 3.63) is 46.8 Å². The normalized spacial score (nSPS) is 10.8. The van der Waals surface area contributed by atoms with E-state index in [1.807, 2.05) is 6.92 Å². The molecule has 124 valence electrons. The van der Waals surface area contributed by atoms with Crippen molar-refractivity contribution in [3.8, 4) is 0 Å². The van der Waals surface area contributed by atoms with Crippen molar-refractivity contribution in [3.63, 3.8) is 0 Å². The van der Waals surface area contributed by atoms with Gasteiger partial charge in [-0.3, -0.25) is 4.79 Å². The van der Waals surface area contributed by atoms with Crippen molar-refractivity contribution in [1.29, 1.82) is 0 Å². The molecule has 0 saturated carbocycles. The summed E-state index contributed by atoms with van der Waals surface area (Å²) < 4.78 is 1.78. The zero-order chi connectivity index (χ0) is 16.8. The molecule has 2 N–H and O–H groups in total. The monoisotopic (exact) mass is 333 g/mol. The first-order valence-corrected chi connectivity index (χ1v) is 8.64. The Balaban J connectivity index is 2.14. The Kier molecular flexibility index (Phi) is 6.24. The Hall–Kier alpha value is -1.79. The van der Waals surface area contributed by atoms with Crippen molar-refractivity contribution in [1.82, 2.24) is 14.9 Å². The molecule has 0 saturated heterocycles. The first kappa shape index (κ1) is 17.6. The molecule has 1 heterocycles. The molecule has 0 aliphatic heterocycles. The van der Waals surface area contributed by atoms with E-state index in [-0.39, 0.29) is 19.1 Å². The summed E-state index contributed by atoms with van der Waals surface area (Å²) in [7, 11) is 0. The van der Waals surface area contributed by atoms with Gasteiger partial charge in [0.15, 0.2) is 5.16 Å². The van der Waals surface area contributed by atoms with Gasteiger partial charge in [-0.15, -0.1) is 0 Å². The molecule has 0 bridgehead atoms. The van der Waals surface area contributed by atoms with Gasteiger partial charge in [-0.1, -0.05) is 35.5 Å². The topological polar surface area (TPSA) is 67.2 Å². The van der Waals surface area contributed by atoms with Gasteiger partial charge >= 0.3 is 0 Å². The molecule has 5 nitrogen and oxygen atoms in total. The van der Waals surface area contributed by atoms with E-state index in [2.05, 4.69) is 42.3 Å². The number of amides is 1. The zero-order valence-electron chi connectivity index (χ0n) is 13.8. The van der Waals surface area contributed by atoms with Gasteiger partial charge in [0.1, 0.15) is 6.54 Å². The number of aliphatic hydroxyl groups is 1. The molecular weight excluding hydrogens is 310 g/mol. The molecule has 0 aliphatic rings. The number of rotatable bonds is 7. The number of imidazole rings is 1. The summed E-state index contributed by atoms with van der Waals surface area (Å²) >= 11 is 1.58. The minimum atomic E-state index is -0.129. The van der Waals surface area contributed by atoms with Gasteiger partial charge in [-0.2, -0.15) is 0 Å². The fourth-order valence-electron chi connectivity index (χ4n) is 2.30. The Labute approximate surface area is 141 Å². The van der Waals surface area contributed by atoms with Crippen LogP contribution in [-0.4, -0.2) is 27.1 Å². The lowest BCUT2D eigenvalue weighted by molar-refractivity contribution is -0.121. The predicted molar refractivity (Wildman–Crippen MR) is 92.3 cm³/mol. The van der Waals surface area contributed by atoms with Crippen LogP contribution in [0.4, 0.5) is 0 Å². The van der Waals surface area contributed by atoms with E-state index >= 15 is 0 Å². The summed E-state index contributed by atoms with van der Waals surface area (Å²) in [5.74, 6) is 0.707. The van der Waals surface area contributed by atoms with Crippen LogP contribution in [0, 0.1) is 13.8 Å². The van der Waals surface area contributed by atoms with Crippen molar-refractivity contribution in [2.45, 2.75) is 44.8 Å². The highest BCUT2D eigenvalue weighted by atomic mass is 32.2. The van der Waals surface area contributed by atoms with Gasteiger partial charge < -0.3 is 15.0 Å². The summed E-state index contributed by atoms with van der Waals surface area (Å²) in [5.41, 5.74) is 4.38. The van der Waals surface area contributed by atoms with Crippen molar-refractivity contribution < 1.29 is 9.90 Å². The van der Waals surface area contributed by atoms with E-state index in [4.69, 9.17) is 0 Å². The van der Waals surface area contributed by atoms with Crippen LogP contribution in [0.15, 0.2) is 29.6 Å². The van der Waals surface area contributed by atoms with E-state index in [9.17, 15) is 9.90 Å². The number of aromatic nitrogens is 2. The molecule has 0 radical (unpaired) electrons. The minimum Gasteiger partial charge on any atom is -0.390 e. The van der Waals surface area contributed by atoms with Gasteiger partial charge in [0, 0.05) is 12.3 Å². The number of hydrogen-bond acceptors (Lipinski definition) is 4. The fourth-order valence-corrected chi connectivity index (χ4v) is 3.36. The maximum Gasteiger partial charge on any atom is 0.240 e. The van der Waals surface area contributed by atoms with E-state index in [0.29, 0.717) is 12.2 Å². The van der Waals surface area contributed by atoms with Gasteiger partial charge in [0.05, 0.1) is 18.5 Å². The van der Waals surface area contributed by atoms with Crippen molar-refractivity contribution >= 4 is 17.7 Å². The molecule has 1 aromatic heterocycles. The summed E-state index contributed by atoms with van der Waals surface area (Å²) in [6.07, 6.45) is 1.63. The number of carbonyl (C=O) groups is 1. The second kappa shape index (κ2) is 8.17. The molecule has 0 unspecified atom stereocenters. The Morgan fingerprint density at radius 2 is 2.17 bits per heavy atom. The zero-order valence-corrected chi connectivity index (χ0v) is 14.6. The Morgan fingerprint density at radius 3 is 2.87 bits per heavy atom. The largest absolute Gasteiger partial charge is 0.390 e. The number of thioether (sulfide) groups is 1. The molecule has 2 aromatic rings. The third-order valence-corrected chi connectivity index (χ3v) is 4.64. The summed E-state index contributed by atoms with van der Waals surface area (Å²) in [6.45, 7) is 6.69. The lowest BCUT2D eigenvalue weighted by Gasteiger charge is -2.11. The van der Waals surface area contributed by atoms with Gasteiger partial charge in [0.2, 0.25) is 5.91 Å². The molecule has 23 heavy (non-hydrogen) atoms. The van der Waals surface area contributed by atoms with Crippen molar-refractivity contribution in [2.75, 3.05) is 6.54 Å². The number of benzene rings is 1. The number of nitrogens with one attached hydrogen (secondary N) is 1. The quantitative estimate of drug-likeness (QED) is 0.764. The second-order valence-corrected chi connectivity index (χ2v) is 6.39. The fraction of sp³-hybridized carbons (Fsp3) is 0.412. The van der Waals surface area contributed by atoms with E-state index < -0.39 is 0 Å². The van der Waals surface area contributed by atoms with Crippen LogP contribution in [0.25, 0.3) is 0 Å². The number of likely N-dealkylation sites (N-methyl/N-ethyl adjacent to an activating group) is 1. The molecule has 1 aromatic carbocycles. The number of nitrogens with zero attached hydrogens (tertiary/aromatic N) is 2. The number of aryl methyl sites for hydroxylation is 2. The Morgan fingerprint density at radius 1 is 1.39 bits per heavy atom. The highest BCUT2D eigenvalue weighted by Crippen LogP contribution is 2.25. The third kappa shape index (κ3) is 4.59. The van der Waals surface area contributed by atoms with Crippen LogP contribution in [0.3, 0.4) is 0 Å². The van der Waals surface area contributed by atoms with Crippen LogP contribution in [0.2, 0.25) is 0 Å². The molecule has 0 aliphatic carbocycles. The van der Waals surface area contributed by atoms with Gasteiger partial charge in [-0.05, 0) is 31.9 Å². The summed E-state index contributed by atoms with van der Waals surface area (Å²) in [4.78, 5) is 16.2. The SMILES string of the molecule is CCNC(=O)Cn1c(CO)cnc1SCc1cc(C)ccc1C. The lowest BCUT2D eigenvalue weighted by Crippen LogP contribution is -2.28.